The maximum absolute atomic E-state index is 9.36. The van der Waals surface area contributed by atoms with E-state index in [0.717, 1.165) is 61.0 Å². The SMILES string of the molecule is CCc1cc(CNC(=NC)NC2CCCN(c3ccccc3C#N)C2)on1.I. The maximum atomic E-state index is 9.36. The number of piperidine rings is 1. The lowest BCUT2D eigenvalue weighted by molar-refractivity contribution is 0.374. The fourth-order valence-electron chi connectivity index (χ4n) is 3.32. The van der Waals surface area contributed by atoms with Crippen LogP contribution in [0.3, 0.4) is 0 Å². The van der Waals surface area contributed by atoms with Crippen LogP contribution in [0, 0.1) is 11.3 Å². The number of benzene rings is 1. The summed E-state index contributed by atoms with van der Waals surface area (Å²) in [6.45, 7) is 4.39. The van der Waals surface area contributed by atoms with Gasteiger partial charge in [-0.25, -0.2) is 0 Å². The third-order valence-corrected chi connectivity index (χ3v) is 4.75. The Hall–Kier alpha value is -2.28. The summed E-state index contributed by atoms with van der Waals surface area (Å²) in [6.07, 6.45) is 2.99. The normalized spacial score (nSPS) is 16.8. The number of para-hydroxylation sites is 1. The molecule has 0 amide bonds. The van der Waals surface area contributed by atoms with Gasteiger partial charge in [0.2, 0.25) is 0 Å². The highest BCUT2D eigenvalue weighted by Gasteiger charge is 2.22. The predicted octanol–water partition coefficient (Wildman–Crippen LogP) is 3.06. The summed E-state index contributed by atoms with van der Waals surface area (Å²) in [5, 5.41) is 20.1. The van der Waals surface area contributed by atoms with Gasteiger partial charge in [-0.15, -0.1) is 24.0 Å². The lowest BCUT2D eigenvalue weighted by atomic mass is 10.0. The van der Waals surface area contributed by atoms with E-state index in [1.807, 2.05) is 30.3 Å². The highest BCUT2D eigenvalue weighted by atomic mass is 127. The van der Waals surface area contributed by atoms with Crippen molar-refractivity contribution in [1.82, 2.24) is 15.8 Å². The first-order valence-electron chi connectivity index (χ1n) is 9.39. The Bertz CT molecular complexity index is 828. The van der Waals surface area contributed by atoms with Crippen molar-refractivity contribution in [1.29, 1.82) is 5.26 Å². The van der Waals surface area contributed by atoms with Crippen molar-refractivity contribution >= 4 is 35.6 Å². The number of nitrogens with zero attached hydrogens (tertiary/aromatic N) is 4. The molecule has 1 aromatic heterocycles. The van der Waals surface area contributed by atoms with Crippen molar-refractivity contribution in [2.24, 2.45) is 4.99 Å². The molecule has 7 nitrogen and oxygen atoms in total. The molecule has 28 heavy (non-hydrogen) atoms. The minimum absolute atomic E-state index is 0. The first kappa shape index (κ1) is 22.0. The summed E-state index contributed by atoms with van der Waals surface area (Å²) >= 11 is 0. The smallest absolute Gasteiger partial charge is 0.191 e. The molecular weight excluding hydrogens is 467 g/mol. The van der Waals surface area contributed by atoms with Crippen molar-refractivity contribution in [3.8, 4) is 6.07 Å². The number of aliphatic imine (C=N–C) groups is 1. The zero-order chi connectivity index (χ0) is 19.1. The molecule has 0 bridgehead atoms. The zero-order valence-corrected chi connectivity index (χ0v) is 18.6. The molecule has 2 aromatic rings. The number of guanidine groups is 1. The van der Waals surface area contributed by atoms with Crippen molar-refractivity contribution in [3.63, 3.8) is 0 Å². The molecular formula is C20H27IN6O. The van der Waals surface area contributed by atoms with Crippen LogP contribution >= 0.6 is 24.0 Å². The van der Waals surface area contributed by atoms with Gasteiger partial charge in [0.15, 0.2) is 11.7 Å². The molecule has 0 saturated carbocycles. The summed E-state index contributed by atoms with van der Waals surface area (Å²) in [5.41, 5.74) is 2.68. The lowest BCUT2D eigenvalue weighted by Gasteiger charge is -2.35. The predicted molar refractivity (Wildman–Crippen MR) is 121 cm³/mol. The van der Waals surface area contributed by atoms with Crippen LogP contribution in [0.25, 0.3) is 0 Å². The Morgan fingerprint density at radius 1 is 1.43 bits per heavy atom. The number of aromatic nitrogens is 1. The second kappa shape index (κ2) is 10.9. The largest absolute Gasteiger partial charge is 0.368 e. The highest BCUT2D eigenvalue weighted by molar-refractivity contribution is 14.0. The van der Waals surface area contributed by atoms with Gasteiger partial charge in [0.05, 0.1) is 23.5 Å². The molecule has 0 aliphatic carbocycles. The van der Waals surface area contributed by atoms with Crippen molar-refractivity contribution in [3.05, 3.63) is 47.3 Å². The topological polar surface area (TPSA) is 89.5 Å². The quantitative estimate of drug-likeness (QED) is 0.378. The molecule has 2 heterocycles. The van der Waals surface area contributed by atoms with Gasteiger partial charge in [0.25, 0.3) is 0 Å². The second-order valence-electron chi connectivity index (χ2n) is 6.62. The van der Waals surface area contributed by atoms with E-state index in [9.17, 15) is 5.26 Å². The summed E-state index contributed by atoms with van der Waals surface area (Å²) < 4.78 is 5.31. The number of halogens is 1. The molecule has 1 atom stereocenters. The monoisotopic (exact) mass is 494 g/mol. The van der Waals surface area contributed by atoms with Gasteiger partial charge in [0.1, 0.15) is 6.07 Å². The van der Waals surface area contributed by atoms with Gasteiger partial charge in [-0.1, -0.05) is 24.2 Å². The number of nitriles is 1. The van der Waals surface area contributed by atoms with E-state index >= 15 is 0 Å². The zero-order valence-electron chi connectivity index (χ0n) is 16.3. The van der Waals surface area contributed by atoms with Gasteiger partial charge < -0.3 is 20.1 Å². The Kier molecular flexibility index (Phi) is 8.57. The molecule has 1 aliphatic rings. The molecule has 8 heteroatoms. The highest BCUT2D eigenvalue weighted by Crippen LogP contribution is 2.23. The van der Waals surface area contributed by atoms with Gasteiger partial charge in [-0.3, -0.25) is 4.99 Å². The van der Waals surface area contributed by atoms with Crippen LogP contribution in [0.1, 0.15) is 36.8 Å². The van der Waals surface area contributed by atoms with Crippen LogP contribution in [0.5, 0.6) is 0 Å². The minimum Gasteiger partial charge on any atom is -0.368 e. The lowest BCUT2D eigenvalue weighted by Crippen LogP contribution is -2.51. The number of nitrogens with one attached hydrogen (secondary N) is 2. The van der Waals surface area contributed by atoms with Gasteiger partial charge in [-0.2, -0.15) is 5.26 Å². The van der Waals surface area contributed by atoms with Crippen LogP contribution in [0.15, 0.2) is 39.8 Å². The minimum atomic E-state index is 0. The molecule has 0 spiro atoms. The van der Waals surface area contributed by atoms with E-state index in [4.69, 9.17) is 4.52 Å². The summed E-state index contributed by atoms with van der Waals surface area (Å²) in [5.74, 6) is 1.54. The summed E-state index contributed by atoms with van der Waals surface area (Å²) in [7, 11) is 1.76. The number of rotatable bonds is 5. The first-order chi connectivity index (χ1) is 13.2. The Labute approximate surface area is 183 Å². The Morgan fingerprint density at radius 2 is 2.25 bits per heavy atom. The average molecular weight is 494 g/mol. The van der Waals surface area contributed by atoms with E-state index in [1.54, 1.807) is 7.05 Å². The van der Waals surface area contributed by atoms with E-state index in [0.29, 0.717) is 6.54 Å². The molecule has 1 unspecified atom stereocenters. The molecule has 1 fully saturated rings. The number of hydrogen-bond acceptors (Lipinski definition) is 5. The second-order valence-corrected chi connectivity index (χ2v) is 6.62. The molecule has 3 rings (SSSR count). The third kappa shape index (κ3) is 5.61. The Morgan fingerprint density at radius 3 is 2.96 bits per heavy atom. The van der Waals surface area contributed by atoms with E-state index < -0.39 is 0 Å². The number of hydrogen-bond donors (Lipinski definition) is 2. The molecule has 0 radical (unpaired) electrons. The average Bonchev–Trinajstić information content (AvgIpc) is 3.19. The molecule has 1 aromatic carbocycles. The molecule has 1 aliphatic heterocycles. The van der Waals surface area contributed by atoms with Crippen LogP contribution < -0.4 is 15.5 Å². The standard InChI is InChI=1S/C20H26N6O.HI/c1-3-16-11-18(27-25-16)13-23-20(22-2)24-17-8-6-10-26(14-17)19-9-5-4-7-15(19)12-21;/h4-5,7,9,11,17H,3,6,8,10,13-14H2,1-2H3,(H2,22,23,24);1H. The van der Waals surface area contributed by atoms with E-state index in [1.165, 1.54) is 0 Å². The van der Waals surface area contributed by atoms with E-state index in [2.05, 4.69) is 38.7 Å². The van der Waals surface area contributed by atoms with Crippen LogP contribution in [-0.4, -0.2) is 37.3 Å². The van der Waals surface area contributed by atoms with Crippen molar-refractivity contribution in [2.75, 3.05) is 25.0 Å². The summed E-state index contributed by atoms with van der Waals surface area (Å²) in [4.78, 5) is 6.59. The Balaban J connectivity index is 0.00000280. The van der Waals surface area contributed by atoms with Crippen LogP contribution in [0.2, 0.25) is 0 Å². The van der Waals surface area contributed by atoms with Gasteiger partial charge in [-0.05, 0) is 31.4 Å². The first-order valence-corrected chi connectivity index (χ1v) is 9.39. The molecule has 2 N–H and O–H groups in total. The third-order valence-electron chi connectivity index (χ3n) is 4.75. The van der Waals surface area contributed by atoms with Crippen LogP contribution in [0.4, 0.5) is 5.69 Å². The number of anilines is 1. The van der Waals surface area contributed by atoms with Crippen molar-refractivity contribution in [2.45, 2.75) is 38.8 Å². The molecule has 150 valence electrons. The molecule has 1 saturated heterocycles. The fraction of sp³-hybridized carbons (Fsp3) is 0.450. The van der Waals surface area contributed by atoms with E-state index in [-0.39, 0.29) is 30.0 Å². The van der Waals surface area contributed by atoms with Gasteiger partial charge >= 0.3 is 0 Å². The maximum Gasteiger partial charge on any atom is 0.191 e. The fourth-order valence-corrected chi connectivity index (χ4v) is 3.32. The van der Waals surface area contributed by atoms with Crippen molar-refractivity contribution < 1.29 is 4.52 Å². The number of aryl methyl sites for hydroxylation is 1. The van der Waals surface area contributed by atoms with Crippen LogP contribution in [-0.2, 0) is 13.0 Å². The van der Waals surface area contributed by atoms with Gasteiger partial charge in [0, 0.05) is 32.2 Å². The summed E-state index contributed by atoms with van der Waals surface area (Å²) in [6, 6.07) is 12.3.